The van der Waals surface area contributed by atoms with Crippen LogP contribution in [0.3, 0.4) is 0 Å². The highest BCUT2D eigenvalue weighted by Crippen LogP contribution is 2.30. The molecule has 3 rings (SSSR count). The molecule has 0 radical (unpaired) electrons. The minimum Gasteiger partial charge on any atom is -0.480 e. The molecule has 0 bridgehead atoms. The van der Waals surface area contributed by atoms with Crippen molar-refractivity contribution in [3.8, 4) is 11.1 Å². The van der Waals surface area contributed by atoms with E-state index in [0.717, 1.165) is 27.8 Å². The molecule has 2 atom stereocenters. The lowest BCUT2D eigenvalue weighted by atomic mass is 9.93. The number of ether oxygens (including phenoxy) is 2. The molecule has 0 aliphatic rings. The smallest absolute Gasteiger partial charge is 0.326 e. The van der Waals surface area contributed by atoms with Gasteiger partial charge in [-0.15, -0.1) is 0 Å². The summed E-state index contributed by atoms with van der Waals surface area (Å²) in [6.07, 6.45) is 2.03. The minimum atomic E-state index is -1.04. The van der Waals surface area contributed by atoms with Gasteiger partial charge < -0.3 is 19.9 Å². The van der Waals surface area contributed by atoms with E-state index < -0.39 is 17.9 Å². The van der Waals surface area contributed by atoms with Gasteiger partial charge in [-0.3, -0.25) is 4.79 Å². The maximum Gasteiger partial charge on any atom is 0.326 e. The average Bonchev–Trinajstić information content (AvgIpc) is 2.95. The molecule has 0 heterocycles. The third-order valence-electron chi connectivity index (χ3n) is 6.85. The molecule has 0 fully saturated rings. The van der Waals surface area contributed by atoms with Crippen LogP contribution in [0.1, 0.15) is 71.8 Å². The molecule has 0 spiro atoms. The summed E-state index contributed by atoms with van der Waals surface area (Å²) < 4.78 is 12.2. The van der Waals surface area contributed by atoms with Gasteiger partial charge in [0.05, 0.1) is 13.2 Å². The summed E-state index contributed by atoms with van der Waals surface area (Å²) in [4.78, 5) is 25.2. The zero-order valence-corrected chi connectivity index (χ0v) is 24.9. The Hall–Kier alpha value is -3.13. The van der Waals surface area contributed by atoms with Crippen LogP contribution in [0.15, 0.2) is 66.7 Å². The van der Waals surface area contributed by atoms with Crippen molar-refractivity contribution in [1.29, 1.82) is 0 Å². The number of carbonyl (C=O) groups is 2. The molecule has 0 aliphatic carbocycles. The van der Waals surface area contributed by atoms with Gasteiger partial charge in [-0.1, -0.05) is 68.4 Å². The second-order valence-corrected chi connectivity index (χ2v) is 11.1. The van der Waals surface area contributed by atoms with Gasteiger partial charge >= 0.3 is 5.97 Å². The molecule has 0 saturated carbocycles. The van der Waals surface area contributed by atoms with E-state index in [0.29, 0.717) is 43.5 Å². The number of benzene rings is 3. The Morgan fingerprint density at radius 3 is 2.40 bits per heavy atom. The second kappa shape index (κ2) is 15.6. The summed E-state index contributed by atoms with van der Waals surface area (Å²) in [6.45, 7) is 9.67. The first-order valence-corrected chi connectivity index (χ1v) is 15.1. The lowest BCUT2D eigenvalue weighted by Gasteiger charge is -2.21. The van der Waals surface area contributed by atoms with Gasteiger partial charge in [-0.25, -0.2) is 4.79 Å². The van der Waals surface area contributed by atoms with Crippen LogP contribution in [-0.2, 0) is 20.9 Å². The number of hydrogen-bond donors (Lipinski definition) is 2. The van der Waals surface area contributed by atoms with E-state index in [1.165, 1.54) is 5.56 Å². The average molecular weight is 564 g/mol. The van der Waals surface area contributed by atoms with Gasteiger partial charge in [0.2, 0.25) is 0 Å². The first kappa shape index (κ1) is 31.4. The fraction of sp³-hybridized carbons (Fsp3) is 0.394. The van der Waals surface area contributed by atoms with Gasteiger partial charge in [0.25, 0.3) is 5.91 Å². The molecule has 2 N–H and O–H groups in total. The molecular formula is C33H41NO5S. The molecule has 0 aromatic heterocycles. The topological polar surface area (TPSA) is 84.9 Å². The van der Waals surface area contributed by atoms with E-state index in [1.54, 1.807) is 17.8 Å². The number of aryl methyl sites for hydroxylation is 1. The normalized spacial score (nSPS) is 12.8. The van der Waals surface area contributed by atoms with Crippen LogP contribution in [0, 0.1) is 6.92 Å². The maximum atomic E-state index is 13.4. The van der Waals surface area contributed by atoms with E-state index in [-0.39, 0.29) is 6.10 Å². The van der Waals surface area contributed by atoms with Gasteiger partial charge in [-0.05, 0) is 83.7 Å². The number of rotatable bonds is 15. The molecule has 0 unspecified atom stereocenters. The summed E-state index contributed by atoms with van der Waals surface area (Å²) in [5.74, 6) is -0.392. The number of aliphatic carboxylic acids is 1. The van der Waals surface area contributed by atoms with Crippen LogP contribution >= 0.6 is 11.8 Å². The summed E-state index contributed by atoms with van der Waals surface area (Å²) in [7, 11) is 0. The van der Waals surface area contributed by atoms with Crippen LogP contribution in [-0.4, -0.2) is 48.2 Å². The molecule has 0 aliphatic heterocycles. The molecule has 214 valence electrons. The zero-order valence-electron chi connectivity index (χ0n) is 24.1. The van der Waals surface area contributed by atoms with E-state index in [4.69, 9.17) is 9.47 Å². The SMILES string of the molecule is CCOC[C@@H](OCc1ccc(C(=O)N[C@@H](CCSC)C(=O)O)c(-c2ccccc2C)c1)c1cccc(C(C)C)c1. The van der Waals surface area contributed by atoms with Crippen LogP contribution in [0.2, 0.25) is 0 Å². The van der Waals surface area contributed by atoms with Crippen molar-refractivity contribution in [1.82, 2.24) is 5.32 Å². The van der Waals surface area contributed by atoms with Gasteiger partial charge in [-0.2, -0.15) is 11.8 Å². The van der Waals surface area contributed by atoms with Crippen molar-refractivity contribution in [2.75, 3.05) is 25.2 Å². The van der Waals surface area contributed by atoms with Gasteiger partial charge in [0.1, 0.15) is 12.1 Å². The van der Waals surface area contributed by atoms with Crippen molar-refractivity contribution >= 4 is 23.6 Å². The Kier molecular flexibility index (Phi) is 12.2. The Labute approximate surface area is 242 Å². The zero-order chi connectivity index (χ0) is 29.1. The third-order valence-corrected chi connectivity index (χ3v) is 7.50. The van der Waals surface area contributed by atoms with E-state index in [2.05, 4.69) is 43.4 Å². The lowest BCUT2D eigenvalue weighted by molar-refractivity contribution is -0.139. The lowest BCUT2D eigenvalue weighted by Crippen LogP contribution is -2.41. The van der Waals surface area contributed by atoms with Crippen molar-refractivity contribution in [3.05, 3.63) is 94.5 Å². The standard InChI is InChI=1S/C33H41NO5S/c1-6-38-21-31(26-12-9-11-25(19-26)22(2)3)39-20-24-14-15-28(29(18-24)27-13-8-7-10-23(27)4)32(35)34-30(33(36)37)16-17-40-5/h7-15,18-19,22,30-31H,6,16-17,20-21H2,1-5H3,(H,34,35)(H,36,37)/t30-,31+/m0/s1. The monoisotopic (exact) mass is 563 g/mol. The van der Waals surface area contributed by atoms with Crippen molar-refractivity contribution in [3.63, 3.8) is 0 Å². The predicted molar refractivity (Wildman–Crippen MR) is 163 cm³/mol. The quantitative estimate of drug-likeness (QED) is 0.207. The van der Waals surface area contributed by atoms with Crippen LogP contribution in [0.4, 0.5) is 0 Å². The number of carbonyl (C=O) groups excluding carboxylic acids is 1. The molecule has 40 heavy (non-hydrogen) atoms. The van der Waals surface area contributed by atoms with Crippen molar-refractivity contribution in [2.24, 2.45) is 0 Å². The highest BCUT2D eigenvalue weighted by molar-refractivity contribution is 7.98. The van der Waals surface area contributed by atoms with Gasteiger partial charge in [0.15, 0.2) is 0 Å². The maximum absolute atomic E-state index is 13.4. The predicted octanol–water partition coefficient (Wildman–Crippen LogP) is 7.02. The molecular weight excluding hydrogens is 522 g/mol. The molecule has 3 aromatic rings. The molecule has 7 heteroatoms. The second-order valence-electron chi connectivity index (χ2n) is 10.1. The minimum absolute atomic E-state index is 0.240. The number of hydrogen-bond acceptors (Lipinski definition) is 5. The third kappa shape index (κ3) is 8.68. The van der Waals surface area contributed by atoms with Crippen LogP contribution in [0.5, 0.6) is 0 Å². The number of nitrogens with one attached hydrogen (secondary N) is 1. The first-order chi connectivity index (χ1) is 19.2. The summed E-state index contributed by atoms with van der Waals surface area (Å²) in [6, 6.07) is 20.9. The highest BCUT2D eigenvalue weighted by atomic mass is 32.2. The van der Waals surface area contributed by atoms with Crippen LogP contribution < -0.4 is 5.32 Å². The fourth-order valence-corrected chi connectivity index (χ4v) is 4.96. The summed E-state index contributed by atoms with van der Waals surface area (Å²) in [5, 5.41) is 12.4. The Morgan fingerprint density at radius 1 is 0.975 bits per heavy atom. The molecule has 0 saturated heterocycles. The molecule has 3 aromatic carbocycles. The number of amides is 1. The highest BCUT2D eigenvalue weighted by Gasteiger charge is 2.23. The fourth-order valence-electron chi connectivity index (χ4n) is 4.49. The Balaban J connectivity index is 1.91. The Morgan fingerprint density at radius 2 is 1.73 bits per heavy atom. The van der Waals surface area contributed by atoms with Crippen LogP contribution in [0.25, 0.3) is 11.1 Å². The van der Waals surface area contributed by atoms with Gasteiger partial charge in [0, 0.05) is 12.2 Å². The molecule has 1 amide bonds. The molecule has 6 nitrogen and oxygen atoms in total. The van der Waals surface area contributed by atoms with Crippen molar-refractivity contribution < 1.29 is 24.2 Å². The van der Waals surface area contributed by atoms with E-state index >= 15 is 0 Å². The van der Waals surface area contributed by atoms with E-state index in [1.807, 2.05) is 56.5 Å². The summed E-state index contributed by atoms with van der Waals surface area (Å²) >= 11 is 1.55. The number of thioether (sulfide) groups is 1. The largest absolute Gasteiger partial charge is 0.480 e. The number of carboxylic acids is 1. The first-order valence-electron chi connectivity index (χ1n) is 13.8. The van der Waals surface area contributed by atoms with Crippen molar-refractivity contribution in [2.45, 2.75) is 58.8 Å². The number of carboxylic acid groups (broad SMARTS) is 1. The van der Waals surface area contributed by atoms with E-state index in [9.17, 15) is 14.7 Å². The Bertz CT molecular complexity index is 1280. The summed E-state index contributed by atoms with van der Waals surface area (Å²) in [5.41, 5.74) is 6.34.